The molecule has 0 heterocycles. The first-order valence-electron chi connectivity index (χ1n) is 5.96. The summed E-state index contributed by atoms with van der Waals surface area (Å²) in [7, 11) is 0. The number of aryl methyl sites for hydroxylation is 1. The lowest BCUT2D eigenvalue weighted by molar-refractivity contribution is 0.289. The molecule has 0 bridgehead atoms. The highest BCUT2D eigenvalue weighted by Gasteiger charge is 2.08. The van der Waals surface area contributed by atoms with Gasteiger partial charge in [0.05, 0.1) is 6.04 Å². The topological polar surface area (TPSA) is 35.2 Å². The number of halogens is 2. The van der Waals surface area contributed by atoms with Crippen LogP contribution in [0.15, 0.2) is 42.5 Å². The van der Waals surface area contributed by atoms with Crippen molar-refractivity contribution in [3.05, 3.63) is 64.4 Å². The molecule has 0 saturated carbocycles. The third-order valence-corrected chi connectivity index (χ3v) is 3.10. The Labute approximate surface area is 117 Å². The molecule has 1 unspecified atom stereocenters. The van der Waals surface area contributed by atoms with Gasteiger partial charge in [0.25, 0.3) is 0 Å². The van der Waals surface area contributed by atoms with Crippen molar-refractivity contribution in [1.82, 2.24) is 0 Å². The molecule has 0 aromatic heterocycles. The summed E-state index contributed by atoms with van der Waals surface area (Å²) in [6.45, 7) is 2.25. The summed E-state index contributed by atoms with van der Waals surface area (Å²) in [4.78, 5) is 0. The first-order chi connectivity index (χ1) is 9.06. The maximum atomic E-state index is 12.8. The molecule has 2 aromatic carbocycles. The van der Waals surface area contributed by atoms with Gasteiger partial charge in [-0.05, 0) is 42.3 Å². The monoisotopic (exact) mass is 279 g/mol. The lowest BCUT2D eigenvalue weighted by Crippen LogP contribution is -2.19. The van der Waals surface area contributed by atoms with E-state index >= 15 is 0 Å². The fraction of sp³-hybridized carbons (Fsp3) is 0.200. The predicted octanol–water partition coefficient (Wildman–Crippen LogP) is 3.87. The fourth-order valence-corrected chi connectivity index (χ4v) is 1.88. The molecule has 19 heavy (non-hydrogen) atoms. The summed E-state index contributed by atoms with van der Waals surface area (Å²) in [5.41, 5.74) is 7.83. The van der Waals surface area contributed by atoms with Gasteiger partial charge in [0.2, 0.25) is 0 Å². The van der Waals surface area contributed by atoms with Crippen LogP contribution in [0.5, 0.6) is 5.75 Å². The van der Waals surface area contributed by atoms with Gasteiger partial charge < -0.3 is 10.5 Å². The summed E-state index contributed by atoms with van der Waals surface area (Å²) in [6.07, 6.45) is 0. The van der Waals surface area contributed by atoms with E-state index in [2.05, 4.69) is 0 Å². The molecule has 100 valence electrons. The minimum atomic E-state index is -0.306. The minimum Gasteiger partial charge on any atom is -0.491 e. The second-order valence-electron chi connectivity index (χ2n) is 4.38. The highest BCUT2D eigenvalue weighted by atomic mass is 35.5. The normalized spacial score (nSPS) is 12.2. The maximum absolute atomic E-state index is 12.8. The molecule has 2 N–H and O–H groups in total. The molecule has 2 rings (SSSR count). The van der Waals surface area contributed by atoms with Crippen LogP contribution in [-0.2, 0) is 0 Å². The van der Waals surface area contributed by atoms with Crippen LogP contribution in [0.2, 0.25) is 5.02 Å². The number of hydrogen-bond acceptors (Lipinski definition) is 2. The zero-order valence-corrected chi connectivity index (χ0v) is 11.3. The van der Waals surface area contributed by atoms with Crippen molar-refractivity contribution in [3.8, 4) is 5.75 Å². The van der Waals surface area contributed by atoms with Crippen LogP contribution in [0.25, 0.3) is 0 Å². The van der Waals surface area contributed by atoms with Crippen molar-refractivity contribution < 1.29 is 9.13 Å². The molecule has 0 saturated heterocycles. The zero-order valence-electron chi connectivity index (χ0n) is 10.6. The first-order valence-corrected chi connectivity index (χ1v) is 6.34. The Morgan fingerprint density at radius 2 is 1.89 bits per heavy atom. The van der Waals surface area contributed by atoms with E-state index < -0.39 is 0 Å². The highest BCUT2D eigenvalue weighted by Crippen LogP contribution is 2.23. The second-order valence-corrected chi connectivity index (χ2v) is 4.82. The van der Waals surface area contributed by atoms with Crippen LogP contribution in [0, 0.1) is 12.7 Å². The van der Waals surface area contributed by atoms with E-state index in [4.69, 9.17) is 22.1 Å². The third kappa shape index (κ3) is 3.69. The van der Waals surface area contributed by atoms with Gasteiger partial charge in [0.1, 0.15) is 18.2 Å². The second kappa shape index (κ2) is 6.04. The van der Waals surface area contributed by atoms with Gasteiger partial charge >= 0.3 is 0 Å². The van der Waals surface area contributed by atoms with Crippen molar-refractivity contribution in [2.24, 2.45) is 5.73 Å². The predicted molar refractivity (Wildman–Crippen MR) is 75.0 cm³/mol. The van der Waals surface area contributed by atoms with E-state index in [0.29, 0.717) is 17.4 Å². The van der Waals surface area contributed by atoms with Crippen LogP contribution in [0.4, 0.5) is 4.39 Å². The average Bonchev–Trinajstić information content (AvgIpc) is 2.40. The van der Waals surface area contributed by atoms with Crippen molar-refractivity contribution in [2.75, 3.05) is 6.61 Å². The van der Waals surface area contributed by atoms with E-state index in [1.165, 1.54) is 12.1 Å². The molecule has 0 aliphatic rings. The Bertz CT molecular complexity index is 557. The van der Waals surface area contributed by atoms with Crippen molar-refractivity contribution in [3.63, 3.8) is 0 Å². The molecule has 0 fully saturated rings. The van der Waals surface area contributed by atoms with Gasteiger partial charge in [0.15, 0.2) is 0 Å². The van der Waals surface area contributed by atoms with Gasteiger partial charge in [-0.15, -0.1) is 0 Å². The molecule has 0 radical (unpaired) electrons. The molecular weight excluding hydrogens is 265 g/mol. The molecule has 0 amide bonds. The quantitative estimate of drug-likeness (QED) is 0.922. The first kappa shape index (κ1) is 13.8. The van der Waals surface area contributed by atoms with Crippen LogP contribution < -0.4 is 10.5 Å². The number of benzene rings is 2. The smallest absolute Gasteiger partial charge is 0.123 e. The Balaban J connectivity index is 2.02. The SMILES string of the molecule is Cc1ccc(Cl)cc1OCC(N)c1ccc(F)cc1. The van der Waals surface area contributed by atoms with Gasteiger partial charge in [-0.3, -0.25) is 0 Å². The highest BCUT2D eigenvalue weighted by molar-refractivity contribution is 6.30. The van der Waals surface area contributed by atoms with Crippen molar-refractivity contribution in [2.45, 2.75) is 13.0 Å². The standard InChI is InChI=1S/C15H15ClFNO/c1-10-2-5-12(16)8-15(10)19-9-14(18)11-3-6-13(17)7-4-11/h2-8,14H,9,18H2,1H3. The van der Waals surface area contributed by atoms with Crippen LogP contribution in [-0.4, -0.2) is 6.61 Å². The minimum absolute atomic E-state index is 0.275. The van der Waals surface area contributed by atoms with Crippen molar-refractivity contribution >= 4 is 11.6 Å². The maximum Gasteiger partial charge on any atom is 0.123 e. The number of hydrogen-bond donors (Lipinski definition) is 1. The fourth-order valence-electron chi connectivity index (χ4n) is 1.72. The molecule has 0 spiro atoms. The molecule has 4 heteroatoms. The van der Waals surface area contributed by atoms with E-state index in [0.717, 1.165) is 11.1 Å². The Kier molecular flexibility index (Phi) is 4.40. The molecule has 1 atom stereocenters. The van der Waals surface area contributed by atoms with Gasteiger partial charge in [-0.1, -0.05) is 29.8 Å². The summed E-state index contributed by atoms with van der Waals surface area (Å²) in [5, 5.41) is 0.621. The Morgan fingerprint density at radius 1 is 1.21 bits per heavy atom. The summed E-state index contributed by atoms with van der Waals surface area (Å²) in [6, 6.07) is 11.3. The van der Waals surface area contributed by atoms with E-state index in [-0.39, 0.29) is 11.9 Å². The van der Waals surface area contributed by atoms with E-state index in [1.807, 2.05) is 19.1 Å². The lowest BCUT2D eigenvalue weighted by atomic mass is 10.1. The summed E-state index contributed by atoms with van der Waals surface area (Å²) >= 11 is 5.91. The largest absolute Gasteiger partial charge is 0.491 e. The van der Waals surface area contributed by atoms with Gasteiger partial charge in [-0.25, -0.2) is 4.39 Å². The number of nitrogens with two attached hydrogens (primary N) is 1. The Hall–Kier alpha value is -1.58. The van der Waals surface area contributed by atoms with E-state index in [9.17, 15) is 4.39 Å². The molecule has 2 aromatic rings. The average molecular weight is 280 g/mol. The lowest BCUT2D eigenvalue weighted by Gasteiger charge is -2.15. The summed E-state index contributed by atoms with van der Waals surface area (Å²) < 4.78 is 18.5. The van der Waals surface area contributed by atoms with Crippen LogP contribution >= 0.6 is 11.6 Å². The van der Waals surface area contributed by atoms with Gasteiger partial charge in [0, 0.05) is 5.02 Å². The molecule has 0 aliphatic heterocycles. The number of rotatable bonds is 4. The molecule has 2 nitrogen and oxygen atoms in total. The molecular formula is C15H15ClFNO. The van der Waals surface area contributed by atoms with Crippen LogP contribution in [0.3, 0.4) is 0 Å². The molecule has 0 aliphatic carbocycles. The van der Waals surface area contributed by atoms with E-state index in [1.54, 1.807) is 18.2 Å². The number of ether oxygens (including phenoxy) is 1. The van der Waals surface area contributed by atoms with Gasteiger partial charge in [-0.2, -0.15) is 0 Å². The van der Waals surface area contributed by atoms with Crippen molar-refractivity contribution in [1.29, 1.82) is 0 Å². The summed E-state index contributed by atoms with van der Waals surface area (Å²) in [5.74, 6) is 0.438. The Morgan fingerprint density at radius 3 is 2.58 bits per heavy atom. The van der Waals surface area contributed by atoms with Crippen LogP contribution in [0.1, 0.15) is 17.2 Å². The zero-order chi connectivity index (χ0) is 13.8. The third-order valence-electron chi connectivity index (χ3n) is 2.87.